The molecule has 0 saturated carbocycles. The topological polar surface area (TPSA) is 330 Å². The Bertz CT molecular complexity index is 2500. The van der Waals surface area contributed by atoms with Crippen LogP contribution in [0.2, 0.25) is 10.3 Å². The van der Waals surface area contributed by atoms with Crippen molar-refractivity contribution in [1.29, 1.82) is 0 Å². The third kappa shape index (κ3) is 16.7. The van der Waals surface area contributed by atoms with E-state index in [1.54, 1.807) is 13.8 Å². The summed E-state index contributed by atoms with van der Waals surface area (Å²) >= 11 is 12.2. The van der Waals surface area contributed by atoms with Crippen LogP contribution < -0.4 is 128 Å². The summed E-state index contributed by atoms with van der Waals surface area (Å²) in [7, 11) is -14.7. The smallest absolute Gasteiger partial charge is 0.504 e. The number of halogens is 2. The first-order chi connectivity index (χ1) is 24.0. The third-order valence-corrected chi connectivity index (χ3v) is 9.04. The zero-order valence-corrected chi connectivity index (χ0v) is 43.0. The van der Waals surface area contributed by atoms with Crippen LogP contribution in [0.5, 0.6) is 11.8 Å². The van der Waals surface area contributed by atoms with Crippen LogP contribution in [0, 0.1) is 6.17 Å². The molecule has 0 aliphatic rings. The third-order valence-electron chi connectivity index (χ3n) is 6.01. The van der Waals surface area contributed by atoms with Crippen LogP contribution in [0.1, 0.15) is 29.8 Å². The van der Waals surface area contributed by atoms with Crippen molar-refractivity contribution in [3.63, 3.8) is 0 Å². The number of phenols is 1. The number of hydrogen-bond acceptors (Lipinski definition) is 17. The van der Waals surface area contributed by atoms with Gasteiger partial charge in [-0.1, -0.05) is 17.2 Å². The van der Waals surface area contributed by atoms with E-state index in [0.717, 1.165) is 36.4 Å². The molecule has 0 aliphatic heterocycles. The number of rotatable bonds is 13. The standard InChI is InChI=1S/C26H21Cl2N8O13S3.Cu.4Na/c1-11(2)49-26-31-24(28)30-25(32-26)29-19-9-14(52(46,47)48)10-20(21(19)37)34-36-22(15-7-12(50(40,41)42)3-5-17(15)27)35-33-18-6-4-13(51(43,44)45)8-16(18)23(38)39;;;;;/h3-11,37H,1-2H3,(H,38,39)(H,40,41,42)(H,43,44,45)(H,46,47,48)(H,29,30,31,32);;;;;/q-1;;4*+1. The summed E-state index contributed by atoms with van der Waals surface area (Å²) in [5, 5.41) is 37.5. The first-order valence-electron chi connectivity index (χ1n) is 13.6. The fourth-order valence-electron chi connectivity index (χ4n) is 3.79. The van der Waals surface area contributed by atoms with Crippen molar-refractivity contribution in [3.05, 3.63) is 76.1 Å². The predicted molar refractivity (Wildman–Crippen MR) is 178 cm³/mol. The molecule has 4 aromatic rings. The van der Waals surface area contributed by atoms with E-state index in [4.69, 9.17) is 27.9 Å². The normalized spacial score (nSPS) is 11.4. The number of carboxylic acid groups (broad SMARTS) is 1. The van der Waals surface area contributed by atoms with Gasteiger partial charge < -0.3 is 20.3 Å². The SMILES string of the molecule is CC(C)Oc1nc(Cl)nc(Nc2cc(S(=O)(=O)O)cc(N=N[C-](N=Nc3ccc(S(=O)(=O)O)cc3C(=O)O)c3cc(S(=O)(=O)O)ccc3Cl)c2O)n1.[Cu].[Na+].[Na+].[Na+].[Na+]. The number of aromatic carboxylic acids is 1. The van der Waals surface area contributed by atoms with E-state index in [1.165, 1.54) is 0 Å². The van der Waals surface area contributed by atoms with Crippen LogP contribution in [0.3, 0.4) is 0 Å². The molecule has 0 unspecified atom stereocenters. The van der Waals surface area contributed by atoms with Crippen molar-refractivity contribution in [1.82, 2.24) is 15.0 Å². The summed E-state index contributed by atoms with van der Waals surface area (Å²) < 4.78 is 105. The largest absolute Gasteiger partial charge is 1.00 e. The van der Waals surface area contributed by atoms with Gasteiger partial charge in [-0.15, -0.1) is 11.6 Å². The molecule has 0 amide bonds. The van der Waals surface area contributed by atoms with Crippen LogP contribution in [0.4, 0.5) is 23.0 Å². The summed E-state index contributed by atoms with van der Waals surface area (Å²) in [6, 6.07) is 5.98. The van der Waals surface area contributed by atoms with Crippen LogP contribution in [-0.4, -0.2) is 76.1 Å². The number of nitrogens with one attached hydrogen (secondary N) is 1. The molecule has 1 radical (unpaired) electrons. The summed E-state index contributed by atoms with van der Waals surface area (Å²) in [6.45, 7) is 3.32. The minimum atomic E-state index is -5.02. The number of carbonyl (C=O) groups is 1. The Morgan fingerprint density at radius 3 is 1.82 bits per heavy atom. The van der Waals surface area contributed by atoms with E-state index < -0.39 is 97.2 Å². The van der Waals surface area contributed by atoms with Crippen molar-refractivity contribution < 1.29 is 194 Å². The molecule has 0 aliphatic carbocycles. The minimum absolute atomic E-state index is 0. The second-order valence-electron chi connectivity index (χ2n) is 10.1. The number of phenolic OH excluding ortho intramolecular Hbond substituents is 1. The van der Waals surface area contributed by atoms with Gasteiger partial charge in [0, 0.05) is 22.0 Å². The summed E-state index contributed by atoms with van der Waals surface area (Å²) in [6.07, 6.45) is -1.17. The molecule has 0 fully saturated rings. The fourth-order valence-corrected chi connectivity index (χ4v) is 5.68. The molecule has 287 valence electrons. The predicted octanol–water partition coefficient (Wildman–Crippen LogP) is -6.73. The molecule has 21 nitrogen and oxygen atoms in total. The quantitative estimate of drug-likeness (QED) is 0.0238. The Morgan fingerprint density at radius 2 is 1.30 bits per heavy atom. The van der Waals surface area contributed by atoms with Gasteiger partial charge >= 0.3 is 130 Å². The molecule has 1 aromatic heterocycles. The molecule has 31 heteroatoms. The summed E-state index contributed by atoms with van der Waals surface area (Å²) in [5.41, 5.74) is -2.97. The monoisotopic (exact) mass is 974 g/mol. The molecule has 1 heterocycles. The van der Waals surface area contributed by atoms with Crippen LogP contribution in [0.25, 0.3) is 0 Å². The van der Waals surface area contributed by atoms with Crippen LogP contribution >= 0.6 is 23.2 Å². The Labute approximate surface area is 433 Å². The molecule has 0 spiro atoms. The van der Waals surface area contributed by atoms with Crippen molar-refractivity contribution in [2.75, 3.05) is 5.32 Å². The van der Waals surface area contributed by atoms with Gasteiger partial charge in [-0.2, -0.15) is 72.3 Å². The number of azo groups is 2. The van der Waals surface area contributed by atoms with Crippen molar-refractivity contribution in [3.8, 4) is 11.8 Å². The zero-order valence-electron chi connectivity index (χ0n) is 30.1. The molecule has 0 saturated heterocycles. The Morgan fingerprint density at radius 1 is 0.772 bits per heavy atom. The molecule has 0 atom stereocenters. The van der Waals surface area contributed by atoms with E-state index in [1.807, 2.05) is 0 Å². The number of carboxylic acids is 1. The van der Waals surface area contributed by atoms with E-state index in [-0.39, 0.29) is 158 Å². The zero-order chi connectivity index (χ0) is 38.8. The van der Waals surface area contributed by atoms with Gasteiger partial charge in [0.05, 0.1) is 39.0 Å². The molecule has 0 bridgehead atoms. The van der Waals surface area contributed by atoms with Crippen molar-refractivity contribution in [2.24, 2.45) is 20.5 Å². The van der Waals surface area contributed by atoms with Gasteiger partial charge in [0.2, 0.25) is 11.2 Å². The molecule has 6 N–H and O–H groups in total. The average Bonchev–Trinajstić information content (AvgIpc) is 3.00. The molecule has 4 rings (SSSR count). The Kier molecular flexibility index (Phi) is 24.8. The van der Waals surface area contributed by atoms with Gasteiger partial charge in [0.15, 0.2) is 5.75 Å². The van der Waals surface area contributed by atoms with Crippen LogP contribution in [-0.2, 0) is 47.4 Å². The van der Waals surface area contributed by atoms with Gasteiger partial charge in [-0.25, -0.2) is 4.79 Å². The molecule has 3 aromatic carbocycles. The molecular formula is C26H21Cl2CuN8Na4O13S3+3. The maximum absolute atomic E-state index is 12.2. The van der Waals surface area contributed by atoms with Crippen molar-refractivity contribution >= 4 is 82.5 Å². The van der Waals surface area contributed by atoms with Gasteiger partial charge in [-0.05, 0) is 55.8 Å². The van der Waals surface area contributed by atoms with Crippen molar-refractivity contribution in [2.45, 2.75) is 34.6 Å². The van der Waals surface area contributed by atoms with E-state index in [0.29, 0.717) is 12.1 Å². The maximum atomic E-state index is 12.2. The van der Waals surface area contributed by atoms with Gasteiger partial charge in [-0.3, -0.25) is 13.7 Å². The first-order valence-corrected chi connectivity index (χ1v) is 18.6. The molecule has 57 heavy (non-hydrogen) atoms. The second kappa shape index (κ2) is 24.2. The molecular weight excluding hydrogens is 955 g/mol. The number of benzene rings is 3. The van der Waals surface area contributed by atoms with E-state index in [2.05, 4.69) is 40.7 Å². The number of hydrogen-bond donors (Lipinski definition) is 6. The summed E-state index contributed by atoms with van der Waals surface area (Å²) in [4.78, 5) is 21.0. The van der Waals surface area contributed by atoms with E-state index in [9.17, 15) is 53.9 Å². The number of aromatic nitrogens is 3. The number of ether oxygens (including phenoxy) is 1. The number of nitrogens with zero attached hydrogens (tertiary/aromatic N) is 7. The first kappa shape index (κ1) is 58.5. The Hall–Kier alpha value is -0.561. The summed E-state index contributed by atoms with van der Waals surface area (Å²) in [5.74, 6) is -2.95. The number of aromatic hydroxyl groups is 1. The maximum Gasteiger partial charge on any atom is 1.00 e. The van der Waals surface area contributed by atoms with Gasteiger partial charge in [0.1, 0.15) is 5.69 Å². The second-order valence-corrected chi connectivity index (χ2v) is 15.1. The van der Waals surface area contributed by atoms with Crippen LogP contribution in [0.15, 0.2) is 83.7 Å². The fraction of sp³-hybridized carbons (Fsp3) is 0.115. The average molecular weight is 976 g/mol. The Balaban J connectivity index is 0. The minimum Gasteiger partial charge on any atom is -0.504 e. The van der Waals surface area contributed by atoms with Gasteiger partial charge in [0.25, 0.3) is 30.4 Å². The van der Waals surface area contributed by atoms with E-state index >= 15 is 0 Å². The number of anilines is 2.